The van der Waals surface area contributed by atoms with E-state index in [-0.39, 0.29) is 0 Å². The zero-order valence-corrected chi connectivity index (χ0v) is 9.26. The van der Waals surface area contributed by atoms with Gasteiger partial charge in [0.2, 0.25) is 0 Å². The highest BCUT2D eigenvalue weighted by molar-refractivity contribution is 5.98. The highest BCUT2D eigenvalue weighted by Crippen LogP contribution is 2.28. The van der Waals surface area contributed by atoms with Crippen LogP contribution in [0.1, 0.15) is 11.1 Å². The molecule has 2 N–H and O–H groups in total. The molecule has 0 atom stereocenters. The molecule has 3 nitrogen and oxygen atoms in total. The normalized spacial score (nSPS) is 12.8. The maximum absolute atomic E-state index is 11.5. The summed E-state index contributed by atoms with van der Waals surface area (Å²) in [7, 11) is 0. The van der Waals surface area contributed by atoms with Gasteiger partial charge in [0, 0.05) is 0 Å². The van der Waals surface area contributed by atoms with Gasteiger partial charge in [0.05, 0.1) is 11.4 Å². The molecule has 4 aliphatic rings. The SMILES string of the molecule is NC(=O)N1c2ccc(cc2)Cc2ccc1cc2. The second-order valence-electron chi connectivity index (χ2n) is 4.18. The molecule has 6 rings (SSSR count). The van der Waals surface area contributed by atoms with Crippen LogP contribution < -0.4 is 10.6 Å². The molecular formula is C14H12N2O. The molecule has 2 amide bonds. The summed E-state index contributed by atoms with van der Waals surface area (Å²) in [5, 5.41) is 0. The van der Waals surface area contributed by atoms with Crippen molar-refractivity contribution in [3.05, 3.63) is 59.7 Å². The number of rotatable bonds is 0. The average Bonchev–Trinajstić information content (AvgIpc) is 2.36. The van der Waals surface area contributed by atoms with Crippen molar-refractivity contribution in [1.82, 2.24) is 0 Å². The molecule has 17 heavy (non-hydrogen) atoms. The van der Waals surface area contributed by atoms with Gasteiger partial charge in [-0.05, 0) is 41.8 Å². The van der Waals surface area contributed by atoms with Gasteiger partial charge in [0.25, 0.3) is 0 Å². The van der Waals surface area contributed by atoms with Gasteiger partial charge in [0.1, 0.15) is 0 Å². The lowest BCUT2D eigenvalue weighted by Crippen LogP contribution is -2.31. The number of carbonyl (C=O) groups excluding carboxylic acids is 1. The van der Waals surface area contributed by atoms with Crippen molar-refractivity contribution in [2.75, 3.05) is 4.90 Å². The predicted molar refractivity (Wildman–Crippen MR) is 67.4 cm³/mol. The van der Waals surface area contributed by atoms with Crippen LogP contribution in [0.15, 0.2) is 48.5 Å². The summed E-state index contributed by atoms with van der Waals surface area (Å²) in [6, 6.07) is 15.4. The summed E-state index contributed by atoms with van der Waals surface area (Å²) in [6.45, 7) is 0. The Bertz CT molecular complexity index is 512. The summed E-state index contributed by atoms with van der Waals surface area (Å²) >= 11 is 0. The zero-order valence-electron chi connectivity index (χ0n) is 9.26. The lowest BCUT2D eigenvalue weighted by atomic mass is 10.0. The maximum atomic E-state index is 11.5. The monoisotopic (exact) mass is 224 g/mol. The Labute approximate surface area is 99.5 Å². The fourth-order valence-electron chi connectivity index (χ4n) is 2.16. The van der Waals surface area contributed by atoms with Crippen LogP contribution in [0.5, 0.6) is 0 Å². The average molecular weight is 224 g/mol. The van der Waals surface area contributed by atoms with Gasteiger partial charge in [-0.1, -0.05) is 24.3 Å². The number of anilines is 2. The number of urea groups is 1. The lowest BCUT2D eigenvalue weighted by Gasteiger charge is -2.22. The number of nitrogens with two attached hydrogens (primary N) is 1. The number of hydrogen-bond donors (Lipinski definition) is 1. The molecule has 4 aliphatic heterocycles. The molecule has 0 fully saturated rings. The third kappa shape index (κ3) is 1.65. The molecule has 0 spiro atoms. The van der Waals surface area contributed by atoms with Crippen LogP contribution in [0.4, 0.5) is 16.2 Å². The molecule has 2 aromatic rings. The quantitative estimate of drug-likeness (QED) is 0.734. The largest absolute Gasteiger partial charge is 0.351 e. The molecule has 0 saturated heterocycles. The minimum atomic E-state index is -0.467. The van der Waals surface area contributed by atoms with Crippen LogP contribution in [0.25, 0.3) is 0 Å². The van der Waals surface area contributed by atoms with Gasteiger partial charge < -0.3 is 5.73 Å². The van der Waals surface area contributed by atoms with Crippen molar-refractivity contribution < 1.29 is 4.79 Å². The summed E-state index contributed by atoms with van der Waals surface area (Å²) in [6.07, 6.45) is 0.914. The lowest BCUT2D eigenvalue weighted by molar-refractivity contribution is 0.256. The van der Waals surface area contributed by atoms with E-state index in [0.29, 0.717) is 0 Å². The highest BCUT2D eigenvalue weighted by Gasteiger charge is 2.16. The van der Waals surface area contributed by atoms with E-state index in [4.69, 9.17) is 5.73 Å². The molecule has 2 aromatic carbocycles. The van der Waals surface area contributed by atoms with Gasteiger partial charge in [0.15, 0.2) is 0 Å². The second kappa shape index (κ2) is 3.63. The van der Waals surface area contributed by atoms with Gasteiger partial charge >= 0.3 is 6.03 Å². The Morgan fingerprint density at radius 1 is 0.882 bits per heavy atom. The summed E-state index contributed by atoms with van der Waals surface area (Å²) in [4.78, 5) is 13.1. The smallest absolute Gasteiger partial charge is 0.323 e. The van der Waals surface area contributed by atoms with E-state index < -0.39 is 6.03 Å². The highest BCUT2D eigenvalue weighted by atomic mass is 16.2. The van der Waals surface area contributed by atoms with Crippen molar-refractivity contribution >= 4 is 17.4 Å². The Kier molecular flexibility index (Phi) is 2.11. The third-order valence-electron chi connectivity index (χ3n) is 3.02. The molecule has 0 unspecified atom stereocenters. The molecule has 3 heteroatoms. The maximum Gasteiger partial charge on any atom is 0.323 e. The third-order valence-corrected chi connectivity index (χ3v) is 3.02. The zero-order chi connectivity index (χ0) is 11.8. The van der Waals surface area contributed by atoms with E-state index in [2.05, 4.69) is 0 Å². The Balaban J connectivity index is 2.24. The van der Waals surface area contributed by atoms with Crippen molar-refractivity contribution in [3.8, 4) is 0 Å². The van der Waals surface area contributed by atoms with Crippen LogP contribution in [0.2, 0.25) is 0 Å². The molecule has 0 aromatic heterocycles. The fourth-order valence-corrected chi connectivity index (χ4v) is 2.16. The molecule has 4 heterocycles. The molecule has 84 valence electrons. The van der Waals surface area contributed by atoms with Gasteiger partial charge in [-0.3, -0.25) is 4.90 Å². The van der Waals surface area contributed by atoms with Gasteiger partial charge in [-0.25, -0.2) is 4.79 Å². The van der Waals surface area contributed by atoms with Crippen LogP contribution in [-0.4, -0.2) is 6.03 Å². The topological polar surface area (TPSA) is 46.3 Å². The van der Waals surface area contributed by atoms with E-state index in [1.807, 2.05) is 48.5 Å². The first-order valence-electron chi connectivity index (χ1n) is 5.51. The van der Waals surface area contributed by atoms with E-state index in [1.54, 1.807) is 0 Å². The minimum absolute atomic E-state index is 0.467. The Hall–Kier alpha value is -2.29. The number of benzene rings is 2. The predicted octanol–water partition coefficient (Wildman–Crippen LogP) is 2.81. The van der Waals surface area contributed by atoms with E-state index in [1.165, 1.54) is 16.0 Å². The first kappa shape index (κ1) is 9.90. The van der Waals surface area contributed by atoms with Gasteiger partial charge in [-0.15, -0.1) is 0 Å². The van der Waals surface area contributed by atoms with Crippen molar-refractivity contribution in [2.45, 2.75) is 6.42 Å². The van der Waals surface area contributed by atoms with Crippen molar-refractivity contribution in [3.63, 3.8) is 0 Å². The summed E-state index contributed by atoms with van der Waals surface area (Å²) in [5.41, 5.74) is 9.50. The molecular weight excluding hydrogens is 212 g/mol. The Morgan fingerprint density at radius 3 is 1.65 bits per heavy atom. The van der Waals surface area contributed by atoms with Crippen LogP contribution >= 0.6 is 0 Å². The number of amides is 2. The van der Waals surface area contributed by atoms with E-state index >= 15 is 0 Å². The van der Waals surface area contributed by atoms with Gasteiger partial charge in [-0.2, -0.15) is 0 Å². The number of nitrogens with zero attached hydrogens (tertiary/aromatic N) is 1. The van der Waals surface area contributed by atoms with Crippen LogP contribution in [-0.2, 0) is 6.42 Å². The summed E-state index contributed by atoms with van der Waals surface area (Å²) < 4.78 is 0. The number of primary amides is 1. The summed E-state index contributed by atoms with van der Waals surface area (Å²) in [5.74, 6) is 0. The molecule has 4 bridgehead atoms. The van der Waals surface area contributed by atoms with Crippen LogP contribution in [0, 0.1) is 0 Å². The van der Waals surface area contributed by atoms with E-state index in [0.717, 1.165) is 17.8 Å². The standard InChI is InChI=1S/C14H12N2O/c15-14(17)16-12-5-1-10(2-6-12)9-11-3-7-13(16)8-4-11/h1-8H,9H2,(H2,15,17). The Morgan fingerprint density at radius 2 is 1.29 bits per heavy atom. The fraction of sp³-hybridized carbons (Fsp3) is 0.0714. The number of hydrogen-bond acceptors (Lipinski definition) is 1. The first-order chi connectivity index (χ1) is 8.24. The van der Waals surface area contributed by atoms with Crippen molar-refractivity contribution in [2.24, 2.45) is 5.73 Å². The second-order valence-corrected chi connectivity index (χ2v) is 4.18. The number of carbonyl (C=O) groups is 1. The molecule has 0 saturated carbocycles. The minimum Gasteiger partial charge on any atom is -0.351 e. The first-order valence-corrected chi connectivity index (χ1v) is 5.51. The molecule has 0 radical (unpaired) electrons. The van der Waals surface area contributed by atoms with Crippen molar-refractivity contribution in [1.29, 1.82) is 0 Å². The molecule has 0 aliphatic carbocycles. The van der Waals surface area contributed by atoms with E-state index in [9.17, 15) is 4.79 Å². The van der Waals surface area contributed by atoms with Crippen LogP contribution in [0.3, 0.4) is 0 Å².